The van der Waals surface area contributed by atoms with Gasteiger partial charge in [0.05, 0.1) is 5.69 Å². The van der Waals surface area contributed by atoms with Gasteiger partial charge in [-0.25, -0.2) is 0 Å². The number of nitrogens with zero attached hydrogens (tertiary/aromatic N) is 1. The number of aryl methyl sites for hydroxylation is 1. The topological polar surface area (TPSA) is 77.1 Å². The van der Waals surface area contributed by atoms with Crippen molar-refractivity contribution in [1.82, 2.24) is 4.57 Å². The smallest absolute Gasteiger partial charge is 0.250 e. The minimum absolute atomic E-state index is 0.0382. The fraction of sp³-hybridized carbons (Fsp3) is 0.571. The summed E-state index contributed by atoms with van der Waals surface area (Å²) in [6.07, 6.45) is 3.77. The van der Waals surface area contributed by atoms with Crippen molar-refractivity contribution < 1.29 is 4.79 Å². The van der Waals surface area contributed by atoms with Gasteiger partial charge in [0.2, 0.25) is 11.5 Å². The Morgan fingerprint density at radius 1 is 1.37 bits per heavy atom. The van der Waals surface area contributed by atoms with Crippen LogP contribution >= 0.6 is 0 Å². The van der Waals surface area contributed by atoms with Crippen LogP contribution in [-0.4, -0.2) is 17.0 Å². The molecular weight excluding hydrogens is 242 g/mol. The van der Waals surface area contributed by atoms with Gasteiger partial charge in [0.25, 0.3) is 0 Å². The van der Waals surface area contributed by atoms with Gasteiger partial charge in [-0.05, 0) is 30.9 Å². The third-order valence-electron chi connectivity index (χ3n) is 3.22. The van der Waals surface area contributed by atoms with Crippen molar-refractivity contribution in [2.24, 2.45) is 18.2 Å². The van der Waals surface area contributed by atoms with Crippen molar-refractivity contribution in [2.75, 3.05) is 11.9 Å². The Hall–Kier alpha value is -1.62. The Morgan fingerprint density at radius 2 is 2.05 bits per heavy atom. The minimum Gasteiger partial charge on any atom is -0.330 e. The number of hydrogen-bond donors (Lipinski definition) is 2. The molecule has 19 heavy (non-hydrogen) atoms. The van der Waals surface area contributed by atoms with Crippen LogP contribution in [-0.2, 0) is 11.8 Å². The fourth-order valence-electron chi connectivity index (χ4n) is 1.86. The molecule has 1 heterocycles. The molecule has 0 saturated carbocycles. The number of nitrogens with two attached hydrogens (primary N) is 1. The van der Waals surface area contributed by atoms with Crippen molar-refractivity contribution in [3.05, 3.63) is 28.7 Å². The lowest BCUT2D eigenvalue weighted by Gasteiger charge is -2.23. The van der Waals surface area contributed by atoms with Crippen LogP contribution in [0.3, 0.4) is 0 Å². The Labute approximate surface area is 113 Å². The molecule has 5 heteroatoms. The normalized spacial score (nSPS) is 11.4. The average Bonchev–Trinajstić information content (AvgIpc) is 2.32. The molecule has 0 aromatic carbocycles. The maximum Gasteiger partial charge on any atom is 0.250 e. The highest BCUT2D eigenvalue weighted by Gasteiger charge is 2.18. The lowest BCUT2D eigenvalue weighted by atomic mass is 9.84. The molecule has 0 aliphatic rings. The van der Waals surface area contributed by atoms with Crippen molar-refractivity contribution in [3.63, 3.8) is 0 Å². The highest BCUT2D eigenvalue weighted by molar-refractivity contribution is 5.90. The molecule has 0 fully saturated rings. The summed E-state index contributed by atoms with van der Waals surface area (Å²) in [5.74, 6) is -0.0382. The summed E-state index contributed by atoms with van der Waals surface area (Å²) in [5, 5.41) is 2.79. The molecule has 0 unspecified atom stereocenters. The van der Waals surface area contributed by atoms with Crippen LogP contribution in [0.15, 0.2) is 23.1 Å². The zero-order chi connectivity index (χ0) is 14.5. The number of nitrogens with one attached hydrogen (secondary N) is 1. The summed E-state index contributed by atoms with van der Waals surface area (Å²) in [6, 6.07) is 3.05. The number of rotatable bonds is 6. The van der Waals surface area contributed by atoms with Gasteiger partial charge in [0.1, 0.15) is 0 Å². The predicted molar refractivity (Wildman–Crippen MR) is 77.0 cm³/mol. The molecule has 0 aliphatic carbocycles. The fourth-order valence-corrected chi connectivity index (χ4v) is 1.86. The molecule has 1 rings (SSSR count). The van der Waals surface area contributed by atoms with Gasteiger partial charge in [-0.3, -0.25) is 9.59 Å². The van der Waals surface area contributed by atoms with Crippen LogP contribution in [0.25, 0.3) is 0 Å². The first kappa shape index (κ1) is 15.4. The van der Waals surface area contributed by atoms with Crippen molar-refractivity contribution >= 4 is 11.6 Å². The van der Waals surface area contributed by atoms with Gasteiger partial charge in [-0.1, -0.05) is 13.8 Å². The lowest BCUT2D eigenvalue weighted by Crippen LogP contribution is -2.21. The van der Waals surface area contributed by atoms with Crippen LogP contribution in [0.5, 0.6) is 0 Å². The van der Waals surface area contributed by atoms with E-state index in [-0.39, 0.29) is 16.9 Å². The van der Waals surface area contributed by atoms with E-state index in [0.29, 0.717) is 18.7 Å². The number of anilines is 1. The summed E-state index contributed by atoms with van der Waals surface area (Å²) >= 11 is 0. The molecule has 0 spiro atoms. The second-order valence-electron chi connectivity index (χ2n) is 5.62. The number of carbonyl (C=O) groups is 1. The second-order valence-corrected chi connectivity index (χ2v) is 5.62. The summed E-state index contributed by atoms with van der Waals surface area (Å²) in [7, 11) is 1.66. The summed E-state index contributed by atoms with van der Waals surface area (Å²) in [6.45, 7) is 4.86. The molecule has 0 saturated heterocycles. The number of amides is 1. The Kier molecular flexibility index (Phi) is 5.30. The third-order valence-corrected chi connectivity index (χ3v) is 3.22. The monoisotopic (exact) mass is 265 g/mol. The summed E-state index contributed by atoms with van der Waals surface area (Å²) in [4.78, 5) is 23.1. The van der Waals surface area contributed by atoms with E-state index in [9.17, 15) is 9.59 Å². The van der Waals surface area contributed by atoms with E-state index in [2.05, 4.69) is 19.2 Å². The van der Waals surface area contributed by atoms with Crippen LogP contribution in [0.1, 0.15) is 33.1 Å². The second kappa shape index (κ2) is 6.52. The first-order chi connectivity index (χ1) is 8.84. The van der Waals surface area contributed by atoms with E-state index in [1.165, 1.54) is 10.6 Å². The quantitative estimate of drug-likeness (QED) is 0.818. The zero-order valence-electron chi connectivity index (χ0n) is 11.9. The van der Waals surface area contributed by atoms with Gasteiger partial charge in [0.15, 0.2) is 0 Å². The zero-order valence-corrected chi connectivity index (χ0v) is 11.9. The van der Waals surface area contributed by atoms with E-state index in [4.69, 9.17) is 5.73 Å². The molecule has 3 N–H and O–H groups in total. The molecule has 1 aromatic heterocycles. The van der Waals surface area contributed by atoms with E-state index in [0.717, 1.165) is 12.8 Å². The van der Waals surface area contributed by atoms with E-state index in [1.807, 2.05) is 0 Å². The number of aromatic nitrogens is 1. The first-order valence-corrected chi connectivity index (χ1v) is 6.51. The van der Waals surface area contributed by atoms with Crippen molar-refractivity contribution in [2.45, 2.75) is 33.1 Å². The molecule has 0 radical (unpaired) electrons. The summed E-state index contributed by atoms with van der Waals surface area (Å²) < 4.78 is 1.44. The van der Waals surface area contributed by atoms with Gasteiger partial charge in [-0.15, -0.1) is 0 Å². The number of hydrogen-bond acceptors (Lipinski definition) is 3. The van der Waals surface area contributed by atoms with E-state index < -0.39 is 0 Å². The number of pyridine rings is 1. The Morgan fingerprint density at radius 3 is 2.63 bits per heavy atom. The minimum atomic E-state index is -0.0953. The van der Waals surface area contributed by atoms with Gasteiger partial charge >= 0.3 is 0 Å². The lowest BCUT2D eigenvalue weighted by molar-refractivity contribution is -0.116. The molecule has 0 bridgehead atoms. The SMILES string of the molecule is Cn1cc(NC(=O)CCC(C)(C)CCN)ccc1=O. The van der Waals surface area contributed by atoms with Gasteiger partial charge < -0.3 is 15.6 Å². The van der Waals surface area contributed by atoms with E-state index >= 15 is 0 Å². The first-order valence-electron chi connectivity index (χ1n) is 6.51. The highest BCUT2D eigenvalue weighted by Crippen LogP contribution is 2.25. The molecular formula is C14H23N3O2. The molecule has 106 valence electrons. The van der Waals surface area contributed by atoms with Crippen molar-refractivity contribution in [3.8, 4) is 0 Å². The average molecular weight is 265 g/mol. The molecule has 1 aromatic rings. The third kappa shape index (κ3) is 5.26. The summed E-state index contributed by atoms with van der Waals surface area (Å²) in [5.41, 5.74) is 6.17. The number of carbonyl (C=O) groups excluding carboxylic acids is 1. The Balaban J connectivity index is 2.51. The van der Waals surface area contributed by atoms with Gasteiger partial charge in [0, 0.05) is 25.7 Å². The Bertz CT molecular complexity index is 492. The molecule has 5 nitrogen and oxygen atoms in total. The van der Waals surface area contributed by atoms with E-state index in [1.54, 1.807) is 19.3 Å². The van der Waals surface area contributed by atoms with Crippen LogP contribution in [0.2, 0.25) is 0 Å². The molecule has 1 amide bonds. The van der Waals surface area contributed by atoms with Crippen LogP contribution in [0, 0.1) is 5.41 Å². The maximum absolute atomic E-state index is 11.8. The van der Waals surface area contributed by atoms with Crippen LogP contribution in [0.4, 0.5) is 5.69 Å². The highest BCUT2D eigenvalue weighted by atomic mass is 16.1. The standard InChI is InChI=1S/C14H23N3O2/c1-14(2,8-9-15)7-6-12(18)16-11-4-5-13(19)17(3)10-11/h4-5,10H,6-9,15H2,1-3H3,(H,16,18). The predicted octanol–water partition coefficient (Wildman–Crippen LogP) is 1.48. The van der Waals surface area contributed by atoms with Gasteiger partial charge in [-0.2, -0.15) is 0 Å². The van der Waals surface area contributed by atoms with Crippen LogP contribution < -0.4 is 16.6 Å². The van der Waals surface area contributed by atoms with Crippen molar-refractivity contribution in [1.29, 1.82) is 0 Å². The maximum atomic E-state index is 11.8. The largest absolute Gasteiger partial charge is 0.330 e. The molecule has 0 atom stereocenters. The molecule has 0 aliphatic heterocycles.